The highest BCUT2D eigenvalue weighted by Gasteiger charge is 2.24. The normalized spacial score (nSPS) is 12.5. The molecule has 17 heavy (non-hydrogen) atoms. The van der Waals surface area contributed by atoms with Gasteiger partial charge in [0.1, 0.15) is 6.04 Å². The second-order valence-electron chi connectivity index (χ2n) is 4.11. The molecule has 1 atom stereocenters. The van der Waals surface area contributed by atoms with Crippen molar-refractivity contribution in [2.75, 3.05) is 7.11 Å². The minimum Gasteiger partial charge on any atom is -0.467 e. The SMILES string of the molecule is CCCCC(C(=O)OC)n1nc(C)c(Br)c1C. The van der Waals surface area contributed by atoms with E-state index in [-0.39, 0.29) is 12.0 Å². The molecule has 1 aromatic heterocycles. The summed E-state index contributed by atoms with van der Waals surface area (Å²) in [6.45, 7) is 5.97. The maximum Gasteiger partial charge on any atom is 0.330 e. The average molecular weight is 303 g/mol. The Balaban J connectivity index is 3.03. The molecule has 0 spiro atoms. The molecule has 0 bridgehead atoms. The van der Waals surface area contributed by atoms with E-state index in [1.54, 1.807) is 4.68 Å². The summed E-state index contributed by atoms with van der Waals surface area (Å²) < 4.78 is 7.58. The van der Waals surface area contributed by atoms with Crippen molar-refractivity contribution in [1.29, 1.82) is 0 Å². The fraction of sp³-hybridized carbons (Fsp3) is 0.667. The van der Waals surface area contributed by atoms with Crippen molar-refractivity contribution in [2.24, 2.45) is 0 Å². The fourth-order valence-corrected chi connectivity index (χ4v) is 2.08. The molecule has 0 aliphatic carbocycles. The molecule has 0 aliphatic heterocycles. The molecule has 0 aliphatic rings. The summed E-state index contributed by atoms with van der Waals surface area (Å²) in [6.07, 6.45) is 2.79. The van der Waals surface area contributed by atoms with Crippen molar-refractivity contribution >= 4 is 21.9 Å². The molecule has 96 valence electrons. The summed E-state index contributed by atoms with van der Waals surface area (Å²) in [4.78, 5) is 11.8. The van der Waals surface area contributed by atoms with Crippen LogP contribution in [0.5, 0.6) is 0 Å². The molecule has 4 nitrogen and oxygen atoms in total. The van der Waals surface area contributed by atoms with E-state index in [0.717, 1.165) is 35.1 Å². The third-order valence-electron chi connectivity index (χ3n) is 2.84. The van der Waals surface area contributed by atoms with Gasteiger partial charge >= 0.3 is 5.97 Å². The number of methoxy groups -OCH3 is 1. The van der Waals surface area contributed by atoms with E-state index in [4.69, 9.17) is 4.74 Å². The minimum atomic E-state index is -0.315. The number of halogens is 1. The Kier molecular flexibility index (Phi) is 5.18. The van der Waals surface area contributed by atoms with Crippen molar-refractivity contribution < 1.29 is 9.53 Å². The number of esters is 1. The van der Waals surface area contributed by atoms with Gasteiger partial charge in [0, 0.05) is 0 Å². The molecule has 0 N–H and O–H groups in total. The fourth-order valence-electron chi connectivity index (χ4n) is 1.82. The number of carbonyl (C=O) groups excluding carboxylic acids is 1. The first kappa shape index (κ1) is 14.2. The highest BCUT2D eigenvalue weighted by Crippen LogP contribution is 2.25. The number of nitrogens with zero attached hydrogens (tertiary/aromatic N) is 2. The Labute approximate surface area is 110 Å². The van der Waals surface area contributed by atoms with Gasteiger partial charge in [-0.15, -0.1) is 0 Å². The van der Waals surface area contributed by atoms with Crippen LogP contribution in [0.4, 0.5) is 0 Å². The third kappa shape index (κ3) is 3.09. The molecular formula is C12H19BrN2O2. The molecule has 0 saturated heterocycles. The summed E-state index contributed by atoms with van der Waals surface area (Å²) in [7, 11) is 1.42. The van der Waals surface area contributed by atoms with Gasteiger partial charge < -0.3 is 4.74 Å². The van der Waals surface area contributed by atoms with Crippen LogP contribution in [0.25, 0.3) is 0 Å². The van der Waals surface area contributed by atoms with Crippen LogP contribution < -0.4 is 0 Å². The quantitative estimate of drug-likeness (QED) is 0.785. The predicted octanol–water partition coefficient (Wildman–Crippen LogP) is 3.17. The third-order valence-corrected chi connectivity index (χ3v) is 3.98. The lowest BCUT2D eigenvalue weighted by Gasteiger charge is -2.16. The molecule has 0 amide bonds. The molecule has 0 aromatic carbocycles. The number of hydrogen-bond donors (Lipinski definition) is 0. The smallest absolute Gasteiger partial charge is 0.330 e. The zero-order valence-electron chi connectivity index (χ0n) is 10.8. The van der Waals surface area contributed by atoms with Crippen LogP contribution in [0.2, 0.25) is 0 Å². The maximum atomic E-state index is 11.8. The van der Waals surface area contributed by atoms with Crippen LogP contribution in [0.15, 0.2) is 4.47 Å². The summed E-state index contributed by atoms with van der Waals surface area (Å²) in [5, 5.41) is 4.40. The van der Waals surface area contributed by atoms with Gasteiger partial charge in [0.25, 0.3) is 0 Å². The molecule has 1 rings (SSSR count). The number of unbranched alkanes of at least 4 members (excludes halogenated alkanes) is 1. The predicted molar refractivity (Wildman–Crippen MR) is 70.0 cm³/mol. The van der Waals surface area contributed by atoms with Crippen LogP contribution in [-0.2, 0) is 9.53 Å². The van der Waals surface area contributed by atoms with Crippen molar-refractivity contribution in [3.63, 3.8) is 0 Å². The summed E-state index contributed by atoms with van der Waals surface area (Å²) in [5.41, 5.74) is 1.86. The lowest BCUT2D eigenvalue weighted by Crippen LogP contribution is -2.23. The first-order valence-electron chi connectivity index (χ1n) is 5.81. The van der Waals surface area contributed by atoms with E-state index in [2.05, 4.69) is 28.0 Å². The standard InChI is InChI=1S/C12H19BrN2O2/c1-5-6-7-10(12(16)17-4)15-9(3)11(13)8(2)14-15/h10H,5-7H2,1-4H3. The number of ether oxygens (including phenoxy) is 1. The van der Waals surface area contributed by atoms with E-state index in [0.29, 0.717) is 0 Å². The lowest BCUT2D eigenvalue weighted by molar-refractivity contribution is -0.145. The molecule has 0 radical (unpaired) electrons. The topological polar surface area (TPSA) is 44.1 Å². The zero-order valence-corrected chi connectivity index (χ0v) is 12.4. The van der Waals surface area contributed by atoms with Gasteiger partial charge in [-0.05, 0) is 36.2 Å². The average Bonchev–Trinajstić information content (AvgIpc) is 2.57. The second-order valence-corrected chi connectivity index (χ2v) is 4.90. The number of hydrogen-bond acceptors (Lipinski definition) is 3. The van der Waals surface area contributed by atoms with Gasteiger partial charge in [-0.25, -0.2) is 4.79 Å². The first-order valence-corrected chi connectivity index (χ1v) is 6.61. The molecular weight excluding hydrogens is 284 g/mol. The van der Waals surface area contributed by atoms with Gasteiger partial charge in [-0.3, -0.25) is 4.68 Å². The van der Waals surface area contributed by atoms with Crippen molar-refractivity contribution in [3.05, 3.63) is 15.9 Å². The number of rotatable bonds is 5. The monoisotopic (exact) mass is 302 g/mol. The molecule has 0 saturated carbocycles. The van der Waals surface area contributed by atoms with E-state index in [1.165, 1.54) is 7.11 Å². The van der Waals surface area contributed by atoms with Crippen LogP contribution >= 0.6 is 15.9 Å². The van der Waals surface area contributed by atoms with E-state index in [1.807, 2.05) is 13.8 Å². The van der Waals surface area contributed by atoms with Crippen LogP contribution in [-0.4, -0.2) is 22.9 Å². The molecule has 1 heterocycles. The van der Waals surface area contributed by atoms with Crippen LogP contribution in [0, 0.1) is 13.8 Å². The minimum absolute atomic E-state index is 0.225. The number of carbonyl (C=O) groups is 1. The Morgan fingerprint density at radius 1 is 1.53 bits per heavy atom. The number of aromatic nitrogens is 2. The van der Waals surface area contributed by atoms with Gasteiger partial charge in [-0.2, -0.15) is 5.10 Å². The van der Waals surface area contributed by atoms with Crippen molar-refractivity contribution in [3.8, 4) is 0 Å². The summed E-state index contributed by atoms with van der Waals surface area (Å²) >= 11 is 3.47. The van der Waals surface area contributed by atoms with Crippen molar-refractivity contribution in [2.45, 2.75) is 46.1 Å². The zero-order chi connectivity index (χ0) is 13.0. The molecule has 0 fully saturated rings. The first-order chi connectivity index (χ1) is 8.02. The Morgan fingerprint density at radius 3 is 2.59 bits per heavy atom. The van der Waals surface area contributed by atoms with E-state index in [9.17, 15) is 4.79 Å². The highest BCUT2D eigenvalue weighted by atomic mass is 79.9. The van der Waals surface area contributed by atoms with E-state index >= 15 is 0 Å². The van der Waals surface area contributed by atoms with E-state index < -0.39 is 0 Å². The maximum absolute atomic E-state index is 11.8. The Hall–Kier alpha value is -0.840. The van der Waals surface area contributed by atoms with Crippen LogP contribution in [0.3, 0.4) is 0 Å². The highest BCUT2D eigenvalue weighted by molar-refractivity contribution is 9.10. The van der Waals surface area contributed by atoms with Crippen LogP contribution in [0.1, 0.15) is 43.6 Å². The Morgan fingerprint density at radius 2 is 2.18 bits per heavy atom. The van der Waals surface area contributed by atoms with Gasteiger partial charge in [0.05, 0.1) is 23.0 Å². The summed E-state index contributed by atoms with van der Waals surface area (Å²) in [5.74, 6) is -0.225. The van der Waals surface area contributed by atoms with Gasteiger partial charge in [0.15, 0.2) is 0 Å². The number of aryl methyl sites for hydroxylation is 1. The Bertz CT molecular complexity index is 401. The second kappa shape index (κ2) is 6.19. The van der Waals surface area contributed by atoms with Gasteiger partial charge in [-0.1, -0.05) is 19.8 Å². The summed E-state index contributed by atoms with van der Waals surface area (Å²) in [6, 6.07) is -0.315. The molecule has 1 unspecified atom stereocenters. The largest absolute Gasteiger partial charge is 0.467 e. The van der Waals surface area contributed by atoms with Crippen molar-refractivity contribution in [1.82, 2.24) is 9.78 Å². The molecule has 1 aromatic rings. The lowest BCUT2D eigenvalue weighted by atomic mass is 10.1. The van der Waals surface area contributed by atoms with Gasteiger partial charge in [0.2, 0.25) is 0 Å². The molecule has 5 heteroatoms.